The highest BCUT2D eigenvalue weighted by molar-refractivity contribution is 5.47. The third-order valence-electron chi connectivity index (χ3n) is 3.72. The highest BCUT2D eigenvalue weighted by Gasteiger charge is 2.16. The van der Waals surface area contributed by atoms with Crippen LogP contribution in [0.1, 0.15) is 31.5 Å². The Morgan fingerprint density at radius 2 is 2.00 bits per heavy atom. The van der Waals surface area contributed by atoms with E-state index in [4.69, 9.17) is 5.73 Å². The second-order valence-electron chi connectivity index (χ2n) is 5.34. The Labute approximate surface area is 114 Å². The highest BCUT2D eigenvalue weighted by atomic mass is 16.1. The van der Waals surface area contributed by atoms with E-state index in [1.54, 1.807) is 6.07 Å². The van der Waals surface area contributed by atoms with E-state index in [-0.39, 0.29) is 11.6 Å². The molecule has 1 unspecified atom stereocenters. The van der Waals surface area contributed by atoms with Crippen molar-refractivity contribution >= 4 is 5.69 Å². The fraction of sp³-hybridized carbons (Fsp3) is 0.643. The summed E-state index contributed by atoms with van der Waals surface area (Å²) < 4.78 is 0. The maximum Gasteiger partial charge on any atom is 0.250 e. The van der Waals surface area contributed by atoms with Crippen molar-refractivity contribution in [2.45, 2.75) is 25.8 Å². The molecule has 1 fully saturated rings. The van der Waals surface area contributed by atoms with Gasteiger partial charge in [0.15, 0.2) is 0 Å². The van der Waals surface area contributed by atoms with Crippen molar-refractivity contribution in [1.82, 2.24) is 9.88 Å². The second kappa shape index (κ2) is 6.21. The summed E-state index contributed by atoms with van der Waals surface area (Å²) in [5.41, 5.74) is 7.89. The smallest absolute Gasteiger partial charge is 0.250 e. The molecule has 0 bridgehead atoms. The minimum Gasteiger partial charge on any atom is -0.369 e. The van der Waals surface area contributed by atoms with Crippen LogP contribution in [0.25, 0.3) is 0 Å². The minimum atomic E-state index is -0.0786. The van der Waals surface area contributed by atoms with Crippen molar-refractivity contribution in [2.24, 2.45) is 5.73 Å². The van der Waals surface area contributed by atoms with Crippen molar-refractivity contribution in [3.05, 3.63) is 28.2 Å². The van der Waals surface area contributed by atoms with E-state index in [0.29, 0.717) is 0 Å². The van der Waals surface area contributed by atoms with Gasteiger partial charge >= 0.3 is 0 Å². The number of aromatic amines is 1. The molecule has 106 valence electrons. The van der Waals surface area contributed by atoms with E-state index >= 15 is 0 Å². The molecule has 0 saturated carbocycles. The summed E-state index contributed by atoms with van der Waals surface area (Å²) in [6.07, 6.45) is 1.91. The third kappa shape index (κ3) is 3.58. The molecule has 3 N–H and O–H groups in total. The Bertz CT molecular complexity index is 463. The Balaban J connectivity index is 2.19. The van der Waals surface area contributed by atoms with Gasteiger partial charge in [-0.05, 0) is 19.5 Å². The quantitative estimate of drug-likeness (QED) is 0.849. The van der Waals surface area contributed by atoms with Crippen LogP contribution in [0, 0.1) is 0 Å². The number of nitrogens with one attached hydrogen (secondary N) is 1. The summed E-state index contributed by atoms with van der Waals surface area (Å²) in [5.74, 6) is 0. The van der Waals surface area contributed by atoms with Crippen LogP contribution in [0.4, 0.5) is 5.69 Å². The van der Waals surface area contributed by atoms with Crippen molar-refractivity contribution in [2.75, 3.05) is 38.1 Å². The van der Waals surface area contributed by atoms with Crippen molar-refractivity contribution in [1.29, 1.82) is 0 Å². The van der Waals surface area contributed by atoms with E-state index in [2.05, 4.69) is 28.8 Å². The lowest BCUT2D eigenvalue weighted by atomic mass is 10.1. The molecule has 0 spiro atoms. The van der Waals surface area contributed by atoms with Crippen molar-refractivity contribution in [3.8, 4) is 0 Å². The van der Waals surface area contributed by atoms with Gasteiger partial charge in [-0.15, -0.1) is 0 Å². The van der Waals surface area contributed by atoms with Gasteiger partial charge in [0, 0.05) is 49.7 Å². The minimum absolute atomic E-state index is 0.0574. The van der Waals surface area contributed by atoms with Gasteiger partial charge in [0.05, 0.1) is 0 Å². The van der Waals surface area contributed by atoms with Crippen LogP contribution in [-0.4, -0.2) is 43.1 Å². The van der Waals surface area contributed by atoms with Gasteiger partial charge in [-0.2, -0.15) is 0 Å². The second-order valence-corrected chi connectivity index (χ2v) is 5.34. The van der Waals surface area contributed by atoms with Crippen LogP contribution in [0.5, 0.6) is 0 Å². The summed E-state index contributed by atoms with van der Waals surface area (Å²) in [4.78, 5) is 19.2. The first-order valence-corrected chi connectivity index (χ1v) is 7.03. The van der Waals surface area contributed by atoms with E-state index in [1.807, 2.05) is 6.07 Å². The molecule has 19 heavy (non-hydrogen) atoms. The van der Waals surface area contributed by atoms with E-state index in [0.717, 1.165) is 50.4 Å². The molecule has 1 aliphatic heterocycles. The average molecular weight is 264 g/mol. The number of aromatic nitrogens is 1. The zero-order valence-corrected chi connectivity index (χ0v) is 11.9. The monoisotopic (exact) mass is 264 g/mol. The first-order chi connectivity index (χ1) is 9.10. The van der Waals surface area contributed by atoms with Gasteiger partial charge in [0.2, 0.25) is 5.56 Å². The number of likely N-dealkylation sites (N-methyl/N-ethyl adjacent to an activating group) is 1. The van der Waals surface area contributed by atoms with Crippen LogP contribution in [0.15, 0.2) is 16.9 Å². The first-order valence-electron chi connectivity index (χ1n) is 7.03. The summed E-state index contributed by atoms with van der Waals surface area (Å²) in [7, 11) is 2.12. The third-order valence-corrected chi connectivity index (χ3v) is 3.72. The van der Waals surface area contributed by atoms with E-state index in [1.165, 1.54) is 0 Å². The Morgan fingerprint density at radius 3 is 2.63 bits per heavy atom. The molecular formula is C14H24N4O. The lowest BCUT2D eigenvalue weighted by Gasteiger charge is -2.34. The Morgan fingerprint density at radius 1 is 1.32 bits per heavy atom. The van der Waals surface area contributed by atoms with Crippen molar-refractivity contribution < 1.29 is 0 Å². The van der Waals surface area contributed by atoms with Crippen LogP contribution in [-0.2, 0) is 0 Å². The number of rotatable bonds is 4. The first kappa shape index (κ1) is 14.1. The summed E-state index contributed by atoms with van der Waals surface area (Å²) in [5, 5.41) is 0. The van der Waals surface area contributed by atoms with Crippen LogP contribution >= 0.6 is 0 Å². The summed E-state index contributed by atoms with van der Waals surface area (Å²) in [6.45, 7) is 6.08. The summed E-state index contributed by atoms with van der Waals surface area (Å²) in [6, 6.07) is 3.63. The number of nitrogens with zero attached hydrogens (tertiary/aromatic N) is 2. The molecule has 0 radical (unpaired) electrons. The standard InChI is InChI=1S/C14H24N4O/c1-3-4-12(15)13-9-11(10-14(19)16-13)18-7-5-17(2)6-8-18/h9-10,12H,3-8,15H2,1-2H3,(H,16,19). The molecule has 5 nitrogen and oxygen atoms in total. The number of hydrogen-bond acceptors (Lipinski definition) is 4. The van der Waals surface area contributed by atoms with Gasteiger partial charge in [0.1, 0.15) is 0 Å². The molecule has 1 aromatic rings. The van der Waals surface area contributed by atoms with Crippen LogP contribution < -0.4 is 16.2 Å². The molecule has 2 rings (SSSR count). The van der Waals surface area contributed by atoms with E-state index in [9.17, 15) is 4.79 Å². The number of H-pyrrole nitrogens is 1. The normalized spacial score (nSPS) is 18.6. The Hall–Kier alpha value is -1.33. The topological polar surface area (TPSA) is 65.4 Å². The molecule has 0 amide bonds. The zero-order chi connectivity index (χ0) is 13.8. The molecule has 0 aromatic carbocycles. The zero-order valence-electron chi connectivity index (χ0n) is 11.9. The highest BCUT2D eigenvalue weighted by Crippen LogP contribution is 2.19. The predicted molar refractivity (Wildman–Crippen MR) is 78.6 cm³/mol. The molecule has 5 heteroatoms. The Kier molecular flexibility index (Phi) is 4.61. The van der Waals surface area contributed by atoms with Gasteiger partial charge in [0.25, 0.3) is 0 Å². The predicted octanol–water partition coefficient (Wildman–Crippen LogP) is 0.927. The van der Waals surface area contributed by atoms with Crippen LogP contribution in [0.3, 0.4) is 0 Å². The largest absolute Gasteiger partial charge is 0.369 e. The van der Waals surface area contributed by atoms with Gasteiger partial charge in [-0.1, -0.05) is 13.3 Å². The lowest BCUT2D eigenvalue weighted by Crippen LogP contribution is -2.44. The fourth-order valence-electron chi connectivity index (χ4n) is 2.46. The number of pyridine rings is 1. The fourth-order valence-corrected chi connectivity index (χ4v) is 2.46. The maximum absolute atomic E-state index is 11.8. The summed E-state index contributed by atoms with van der Waals surface area (Å²) >= 11 is 0. The average Bonchev–Trinajstić information content (AvgIpc) is 2.39. The van der Waals surface area contributed by atoms with Gasteiger partial charge < -0.3 is 20.5 Å². The molecular weight excluding hydrogens is 240 g/mol. The van der Waals surface area contributed by atoms with Crippen molar-refractivity contribution in [3.63, 3.8) is 0 Å². The number of piperazine rings is 1. The number of anilines is 1. The molecule has 1 saturated heterocycles. The molecule has 1 aliphatic rings. The SMILES string of the molecule is CCCC(N)c1cc(N2CCN(C)CC2)cc(=O)[nH]1. The van der Waals surface area contributed by atoms with E-state index < -0.39 is 0 Å². The molecule has 0 aliphatic carbocycles. The number of nitrogens with two attached hydrogens (primary N) is 1. The maximum atomic E-state index is 11.8. The molecule has 2 heterocycles. The lowest BCUT2D eigenvalue weighted by molar-refractivity contribution is 0.313. The van der Waals surface area contributed by atoms with Gasteiger partial charge in [-0.25, -0.2) is 0 Å². The molecule has 1 aromatic heterocycles. The number of hydrogen-bond donors (Lipinski definition) is 2. The molecule has 1 atom stereocenters. The van der Waals surface area contributed by atoms with Gasteiger partial charge in [-0.3, -0.25) is 4.79 Å². The van der Waals surface area contributed by atoms with Crippen LogP contribution in [0.2, 0.25) is 0 Å².